The molecule has 1 aromatic heterocycles. The highest BCUT2D eigenvalue weighted by Gasteiger charge is 2.30. The molecular weight excluding hydrogens is 506 g/mol. The summed E-state index contributed by atoms with van der Waals surface area (Å²) in [6.07, 6.45) is 2.15. The Balaban J connectivity index is 1.68. The second-order valence-electron chi connectivity index (χ2n) is 7.64. The number of nitrogens with zero attached hydrogens (tertiary/aromatic N) is 1. The van der Waals surface area contributed by atoms with Crippen molar-refractivity contribution in [2.45, 2.75) is 31.7 Å². The predicted molar refractivity (Wildman–Crippen MR) is 136 cm³/mol. The summed E-state index contributed by atoms with van der Waals surface area (Å²) in [5.74, 6) is -2.66. The Morgan fingerprint density at radius 3 is 2.67 bits per heavy atom. The largest absolute Gasteiger partial charge is 0.478 e. The summed E-state index contributed by atoms with van der Waals surface area (Å²) in [7, 11) is 0. The zero-order chi connectivity index (χ0) is 26.2. The Hall–Kier alpha value is -3.64. The Kier molecular flexibility index (Phi) is 9.25. The number of carboxylic acid groups (broad SMARTS) is 1. The van der Waals surface area contributed by atoms with E-state index >= 15 is 0 Å². The monoisotopic (exact) mass is 531 g/mol. The molecule has 1 aliphatic rings. The van der Waals surface area contributed by atoms with Crippen molar-refractivity contribution in [3.63, 3.8) is 0 Å². The van der Waals surface area contributed by atoms with Crippen LogP contribution in [0.3, 0.4) is 0 Å². The van der Waals surface area contributed by atoms with Crippen molar-refractivity contribution < 1.29 is 33.8 Å². The first-order valence-corrected chi connectivity index (χ1v) is 12.8. The van der Waals surface area contributed by atoms with Gasteiger partial charge in [0.15, 0.2) is 0 Å². The quantitative estimate of drug-likeness (QED) is 0.255. The van der Waals surface area contributed by atoms with Crippen molar-refractivity contribution in [1.82, 2.24) is 4.90 Å². The van der Waals surface area contributed by atoms with E-state index in [9.17, 15) is 24.0 Å². The maximum absolute atomic E-state index is 12.7. The number of carbonyl (C=O) groups excluding carboxylic acids is 4. The number of esters is 1. The number of amides is 3. The van der Waals surface area contributed by atoms with Crippen molar-refractivity contribution in [2.75, 3.05) is 29.5 Å². The molecule has 1 aliphatic heterocycles. The van der Waals surface area contributed by atoms with Crippen LogP contribution in [-0.4, -0.2) is 58.6 Å². The van der Waals surface area contributed by atoms with Crippen LogP contribution in [0.4, 0.5) is 10.7 Å². The molecule has 3 N–H and O–H groups in total. The van der Waals surface area contributed by atoms with Crippen molar-refractivity contribution in [1.29, 1.82) is 0 Å². The van der Waals surface area contributed by atoms with E-state index in [0.29, 0.717) is 40.7 Å². The van der Waals surface area contributed by atoms with E-state index in [-0.39, 0.29) is 24.2 Å². The fraction of sp³-hybridized carbons (Fsp3) is 0.292. The van der Waals surface area contributed by atoms with Crippen LogP contribution in [0.1, 0.15) is 34.6 Å². The molecule has 2 aromatic rings. The smallest absolute Gasteiger partial charge is 0.341 e. The lowest BCUT2D eigenvalue weighted by Gasteiger charge is -2.25. The van der Waals surface area contributed by atoms with E-state index in [4.69, 9.17) is 9.84 Å². The second kappa shape index (κ2) is 12.4. The van der Waals surface area contributed by atoms with E-state index in [2.05, 4.69) is 10.6 Å². The van der Waals surface area contributed by atoms with Crippen LogP contribution >= 0.6 is 23.1 Å². The van der Waals surface area contributed by atoms with Crippen LogP contribution in [0.2, 0.25) is 0 Å². The molecule has 0 bridgehead atoms. The van der Waals surface area contributed by atoms with E-state index in [1.807, 2.05) is 0 Å². The highest BCUT2D eigenvalue weighted by Crippen LogP contribution is 2.38. The first kappa shape index (κ1) is 27.0. The second-order valence-corrected chi connectivity index (χ2v) is 9.80. The molecule has 3 amide bonds. The lowest BCUT2D eigenvalue weighted by molar-refractivity contribution is -0.132. The zero-order valence-electron chi connectivity index (χ0n) is 19.7. The summed E-state index contributed by atoms with van der Waals surface area (Å²) < 4.78 is 5.21. The van der Waals surface area contributed by atoms with Crippen molar-refractivity contribution >= 4 is 63.4 Å². The minimum Gasteiger partial charge on any atom is -0.478 e. The van der Waals surface area contributed by atoms with Gasteiger partial charge in [0.05, 0.1) is 24.5 Å². The molecule has 36 heavy (non-hydrogen) atoms. The van der Waals surface area contributed by atoms with E-state index in [1.165, 1.54) is 30.0 Å². The topological polar surface area (TPSA) is 142 Å². The third-order valence-corrected chi connectivity index (χ3v) is 7.21. The molecular formula is C24H25N3O7S2. The molecule has 10 nitrogen and oxygen atoms in total. The number of thioether (sulfide) groups is 1. The number of benzene rings is 1. The highest BCUT2D eigenvalue weighted by molar-refractivity contribution is 8.00. The SMILES string of the molecule is CCOC(=O)c1c(NC(=O)CSc2cccc(NC(=O)/C=C/C(=O)O)c2)sc2c1CCN(C(C)=O)C2. The van der Waals surface area contributed by atoms with Gasteiger partial charge in [0.1, 0.15) is 5.00 Å². The summed E-state index contributed by atoms with van der Waals surface area (Å²) in [6, 6.07) is 6.77. The van der Waals surface area contributed by atoms with Gasteiger partial charge >= 0.3 is 11.9 Å². The van der Waals surface area contributed by atoms with Gasteiger partial charge in [0, 0.05) is 41.1 Å². The van der Waals surface area contributed by atoms with Gasteiger partial charge in [0.2, 0.25) is 17.7 Å². The fourth-order valence-corrected chi connectivity index (χ4v) is 5.51. The molecule has 0 spiro atoms. The lowest BCUT2D eigenvalue weighted by Crippen LogP contribution is -2.34. The Morgan fingerprint density at radius 2 is 1.97 bits per heavy atom. The summed E-state index contributed by atoms with van der Waals surface area (Å²) in [4.78, 5) is 62.8. The summed E-state index contributed by atoms with van der Waals surface area (Å²) >= 11 is 2.50. The number of nitrogens with one attached hydrogen (secondary N) is 2. The fourth-order valence-electron chi connectivity index (χ4n) is 3.49. The van der Waals surface area contributed by atoms with Crippen LogP contribution in [0.5, 0.6) is 0 Å². The lowest BCUT2D eigenvalue weighted by atomic mass is 10.0. The number of carbonyl (C=O) groups is 5. The molecule has 12 heteroatoms. The van der Waals surface area contributed by atoms with Gasteiger partial charge < -0.3 is 25.4 Å². The first-order chi connectivity index (χ1) is 17.2. The molecule has 0 saturated carbocycles. The summed E-state index contributed by atoms with van der Waals surface area (Å²) in [5.41, 5.74) is 1.60. The molecule has 1 aromatic carbocycles. The normalized spacial score (nSPS) is 12.7. The number of ether oxygens (including phenoxy) is 1. The van der Waals surface area contributed by atoms with E-state index < -0.39 is 17.8 Å². The molecule has 0 fully saturated rings. The van der Waals surface area contributed by atoms with Crippen LogP contribution in [0.15, 0.2) is 41.3 Å². The number of aliphatic carboxylic acids is 1. The molecule has 2 heterocycles. The molecule has 0 unspecified atom stereocenters. The maximum atomic E-state index is 12.7. The van der Waals surface area contributed by atoms with Gasteiger partial charge in [0.25, 0.3) is 0 Å². The van der Waals surface area contributed by atoms with Gasteiger partial charge in [-0.2, -0.15) is 0 Å². The third-order valence-electron chi connectivity index (χ3n) is 5.08. The van der Waals surface area contributed by atoms with Crippen LogP contribution in [0.25, 0.3) is 0 Å². The van der Waals surface area contributed by atoms with Gasteiger partial charge in [-0.1, -0.05) is 6.07 Å². The average molecular weight is 532 g/mol. The van der Waals surface area contributed by atoms with Gasteiger partial charge in [-0.15, -0.1) is 23.1 Å². The van der Waals surface area contributed by atoms with Crippen LogP contribution < -0.4 is 10.6 Å². The summed E-state index contributed by atoms with van der Waals surface area (Å²) in [5, 5.41) is 14.4. The number of rotatable bonds is 9. The molecule has 190 valence electrons. The Morgan fingerprint density at radius 1 is 1.19 bits per heavy atom. The van der Waals surface area contributed by atoms with Crippen LogP contribution in [-0.2, 0) is 36.9 Å². The molecule has 0 aliphatic carbocycles. The van der Waals surface area contributed by atoms with Gasteiger partial charge in [-0.05, 0) is 37.1 Å². The maximum Gasteiger partial charge on any atom is 0.341 e. The van der Waals surface area contributed by atoms with Crippen molar-refractivity contribution in [3.05, 3.63) is 52.4 Å². The minimum absolute atomic E-state index is 0.0424. The highest BCUT2D eigenvalue weighted by atomic mass is 32.2. The third kappa shape index (κ3) is 7.18. The van der Waals surface area contributed by atoms with Crippen LogP contribution in [0, 0.1) is 0 Å². The first-order valence-electron chi connectivity index (χ1n) is 11.0. The molecule has 0 radical (unpaired) electrons. The Bertz CT molecular complexity index is 1220. The molecule has 3 rings (SSSR count). The standard InChI is InChI=1S/C24H25N3O7S2/c1-3-34-24(33)22-17-9-10-27(14(2)28)12-18(17)36-23(22)26-20(30)13-35-16-6-4-5-15(11-16)25-19(29)7-8-21(31)32/h4-8,11H,3,9-10,12-13H2,1-2H3,(H,25,29)(H,26,30)(H,31,32)/b8-7+. The zero-order valence-corrected chi connectivity index (χ0v) is 21.3. The average Bonchev–Trinajstić information content (AvgIpc) is 3.18. The number of hydrogen-bond acceptors (Lipinski definition) is 8. The van der Waals surface area contributed by atoms with E-state index in [0.717, 1.165) is 22.6 Å². The number of hydrogen-bond donors (Lipinski definition) is 3. The molecule has 0 saturated heterocycles. The van der Waals surface area contributed by atoms with Crippen molar-refractivity contribution in [3.8, 4) is 0 Å². The van der Waals surface area contributed by atoms with Gasteiger partial charge in [-0.25, -0.2) is 9.59 Å². The van der Waals surface area contributed by atoms with E-state index in [1.54, 1.807) is 36.1 Å². The molecule has 0 atom stereocenters. The number of fused-ring (bicyclic) bond motifs is 1. The van der Waals surface area contributed by atoms with Crippen molar-refractivity contribution in [2.24, 2.45) is 0 Å². The summed E-state index contributed by atoms with van der Waals surface area (Å²) in [6.45, 7) is 4.28. The number of anilines is 2. The van der Waals surface area contributed by atoms with Gasteiger partial charge in [-0.3, -0.25) is 14.4 Å². The predicted octanol–water partition coefficient (Wildman–Crippen LogP) is 3.14. The number of carboxylic acids is 1. The number of thiophene rings is 1. The minimum atomic E-state index is -1.23. The Labute approximate surface area is 215 Å².